The minimum Gasteiger partial charge on any atom is -0.445 e. The summed E-state index contributed by atoms with van der Waals surface area (Å²) in [6.07, 6.45) is 4.05. The van der Waals surface area contributed by atoms with Gasteiger partial charge in [-0.25, -0.2) is 9.37 Å². The zero-order chi connectivity index (χ0) is 20.4. The lowest BCUT2D eigenvalue weighted by Crippen LogP contribution is -2.39. The van der Waals surface area contributed by atoms with Crippen LogP contribution in [0.5, 0.6) is 0 Å². The molecular weight excluding hydrogens is 373 g/mol. The van der Waals surface area contributed by atoms with E-state index in [1.165, 1.54) is 12.1 Å². The first-order chi connectivity index (χ1) is 14.0. The van der Waals surface area contributed by atoms with E-state index in [4.69, 9.17) is 8.94 Å². The van der Waals surface area contributed by atoms with Crippen molar-refractivity contribution in [3.8, 4) is 0 Å². The van der Waals surface area contributed by atoms with Gasteiger partial charge in [0.25, 0.3) is 5.91 Å². The maximum Gasteiger partial charge on any atom is 0.292 e. The summed E-state index contributed by atoms with van der Waals surface area (Å²) in [5.41, 5.74) is 1.74. The van der Waals surface area contributed by atoms with Gasteiger partial charge in [0.15, 0.2) is 5.89 Å². The molecule has 1 fully saturated rings. The van der Waals surface area contributed by atoms with Crippen molar-refractivity contribution in [1.29, 1.82) is 0 Å². The maximum absolute atomic E-state index is 13.1. The van der Waals surface area contributed by atoms with E-state index in [1.807, 2.05) is 13.8 Å². The first-order valence-corrected chi connectivity index (χ1v) is 9.94. The number of amides is 1. The number of halogens is 1. The summed E-state index contributed by atoms with van der Waals surface area (Å²) in [5.74, 6) is 1.49. The molecule has 152 valence electrons. The Bertz CT molecular complexity index is 977. The van der Waals surface area contributed by atoms with Crippen LogP contribution in [0.25, 0.3) is 0 Å². The van der Waals surface area contributed by atoms with E-state index < -0.39 is 0 Å². The third-order valence-electron chi connectivity index (χ3n) is 5.25. The summed E-state index contributed by atoms with van der Waals surface area (Å²) in [6.45, 7) is 5.23. The molecule has 0 aliphatic carbocycles. The lowest BCUT2D eigenvalue weighted by atomic mass is 9.97. The molecule has 6 nitrogen and oxygen atoms in total. The van der Waals surface area contributed by atoms with Crippen LogP contribution in [-0.2, 0) is 6.42 Å². The largest absolute Gasteiger partial charge is 0.445 e. The molecule has 1 unspecified atom stereocenters. The van der Waals surface area contributed by atoms with Gasteiger partial charge in [0.2, 0.25) is 5.76 Å². The second-order valence-electron chi connectivity index (χ2n) is 7.83. The summed E-state index contributed by atoms with van der Waals surface area (Å²) in [7, 11) is 0. The molecule has 0 saturated carbocycles. The van der Waals surface area contributed by atoms with Crippen molar-refractivity contribution in [2.24, 2.45) is 0 Å². The van der Waals surface area contributed by atoms with Gasteiger partial charge in [0.05, 0.1) is 17.8 Å². The molecule has 29 heavy (non-hydrogen) atoms. The van der Waals surface area contributed by atoms with Crippen LogP contribution in [-0.4, -0.2) is 34.0 Å². The molecule has 7 heteroatoms. The van der Waals surface area contributed by atoms with Crippen LogP contribution in [0.4, 0.5) is 4.39 Å². The van der Waals surface area contributed by atoms with E-state index in [0.717, 1.165) is 29.9 Å². The molecule has 1 aliphatic rings. The minimum atomic E-state index is -0.258. The van der Waals surface area contributed by atoms with E-state index >= 15 is 0 Å². The van der Waals surface area contributed by atoms with Crippen LogP contribution in [0.2, 0.25) is 0 Å². The highest BCUT2D eigenvalue weighted by Gasteiger charge is 2.30. The Kier molecular flexibility index (Phi) is 5.47. The Morgan fingerprint density at radius 3 is 2.83 bits per heavy atom. The summed E-state index contributed by atoms with van der Waals surface area (Å²) in [5, 5.41) is 3.98. The third-order valence-corrected chi connectivity index (χ3v) is 5.25. The van der Waals surface area contributed by atoms with Crippen molar-refractivity contribution in [2.75, 3.05) is 13.1 Å². The van der Waals surface area contributed by atoms with Crippen LogP contribution in [0.1, 0.15) is 72.0 Å². The fourth-order valence-electron chi connectivity index (χ4n) is 3.58. The number of likely N-dealkylation sites (tertiary alicyclic amines) is 1. The number of piperidine rings is 1. The Balaban J connectivity index is 1.42. The van der Waals surface area contributed by atoms with Crippen LogP contribution in [0, 0.1) is 5.82 Å². The molecule has 4 rings (SSSR count). The molecule has 0 radical (unpaired) electrons. The topological polar surface area (TPSA) is 72.4 Å². The average Bonchev–Trinajstić information content (AvgIpc) is 3.39. The molecule has 1 amide bonds. The number of hydrogen-bond donors (Lipinski definition) is 0. The van der Waals surface area contributed by atoms with Crippen molar-refractivity contribution in [3.63, 3.8) is 0 Å². The zero-order valence-electron chi connectivity index (χ0n) is 16.6. The van der Waals surface area contributed by atoms with Crippen LogP contribution in [0.3, 0.4) is 0 Å². The molecule has 0 N–H and O–H groups in total. The first kappa shape index (κ1) is 19.4. The standard InChI is InChI=1S/C22H24FN3O3/c1-14(2)19-11-20(29-25-19)22(27)26-9-3-4-16(13-26)21-24-12-18(28-21)10-15-5-7-17(23)8-6-15/h5-8,11-12,14,16H,3-4,9-10,13H2,1-2H3. The minimum absolute atomic E-state index is 0.0437. The van der Waals surface area contributed by atoms with Gasteiger partial charge in [0, 0.05) is 25.6 Å². The molecule has 0 bridgehead atoms. The van der Waals surface area contributed by atoms with E-state index in [0.29, 0.717) is 25.4 Å². The first-order valence-electron chi connectivity index (χ1n) is 9.94. The Labute approximate surface area is 168 Å². The maximum atomic E-state index is 13.1. The molecular formula is C22H24FN3O3. The van der Waals surface area contributed by atoms with Gasteiger partial charge in [-0.2, -0.15) is 0 Å². The van der Waals surface area contributed by atoms with Crippen LogP contribution < -0.4 is 0 Å². The molecule has 1 saturated heterocycles. The fraction of sp³-hybridized carbons (Fsp3) is 0.409. The number of nitrogens with zero attached hydrogens (tertiary/aromatic N) is 3. The van der Waals surface area contributed by atoms with Crippen molar-refractivity contribution in [2.45, 2.75) is 44.9 Å². The SMILES string of the molecule is CC(C)c1cc(C(=O)N2CCCC(c3ncc(Cc4ccc(F)cc4)o3)C2)on1. The Morgan fingerprint density at radius 1 is 1.31 bits per heavy atom. The number of hydrogen-bond acceptors (Lipinski definition) is 5. The van der Waals surface area contributed by atoms with Crippen molar-refractivity contribution < 1.29 is 18.1 Å². The predicted octanol–water partition coefficient (Wildman–Crippen LogP) is 4.54. The third kappa shape index (κ3) is 4.39. The van der Waals surface area contributed by atoms with Crippen LogP contribution in [0.15, 0.2) is 45.5 Å². The fourth-order valence-corrected chi connectivity index (χ4v) is 3.58. The van der Waals surface area contributed by atoms with E-state index in [-0.39, 0.29) is 29.3 Å². The van der Waals surface area contributed by atoms with E-state index in [2.05, 4.69) is 10.1 Å². The van der Waals surface area contributed by atoms with Gasteiger partial charge in [0.1, 0.15) is 11.6 Å². The Hall–Kier alpha value is -2.96. The monoisotopic (exact) mass is 397 g/mol. The number of carbonyl (C=O) groups excluding carboxylic acids is 1. The number of aromatic nitrogens is 2. The Morgan fingerprint density at radius 2 is 2.10 bits per heavy atom. The van der Waals surface area contributed by atoms with Crippen molar-refractivity contribution in [3.05, 3.63) is 71.0 Å². The normalized spacial score (nSPS) is 17.1. The molecule has 2 aromatic heterocycles. The number of benzene rings is 1. The molecule has 1 atom stereocenters. The van der Waals surface area contributed by atoms with Gasteiger partial charge in [-0.05, 0) is 36.5 Å². The predicted molar refractivity (Wildman–Crippen MR) is 104 cm³/mol. The summed E-state index contributed by atoms with van der Waals surface area (Å²) in [6, 6.07) is 8.07. The molecule has 0 spiro atoms. The van der Waals surface area contributed by atoms with Gasteiger partial charge < -0.3 is 13.8 Å². The van der Waals surface area contributed by atoms with Gasteiger partial charge >= 0.3 is 0 Å². The van der Waals surface area contributed by atoms with E-state index in [1.54, 1.807) is 29.3 Å². The van der Waals surface area contributed by atoms with Crippen molar-refractivity contribution >= 4 is 5.91 Å². The molecule has 1 aromatic carbocycles. The summed E-state index contributed by atoms with van der Waals surface area (Å²) in [4.78, 5) is 19.0. The smallest absolute Gasteiger partial charge is 0.292 e. The second kappa shape index (κ2) is 8.19. The average molecular weight is 397 g/mol. The summed E-state index contributed by atoms with van der Waals surface area (Å²) < 4.78 is 24.3. The lowest BCUT2D eigenvalue weighted by molar-refractivity contribution is 0.0656. The van der Waals surface area contributed by atoms with Crippen molar-refractivity contribution in [1.82, 2.24) is 15.0 Å². The highest BCUT2D eigenvalue weighted by Crippen LogP contribution is 2.28. The zero-order valence-corrected chi connectivity index (χ0v) is 16.6. The van der Waals surface area contributed by atoms with Gasteiger partial charge in [-0.3, -0.25) is 4.79 Å². The lowest BCUT2D eigenvalue weighted by Gasteiger charge is -2.30. The number of carbonyl (C=O) groups is 1. The van der Waals surface area contributed by atoms with Gasteiger partial charge in [-0.15, -0.1) is 0 Å². The second-order valence-corrected chi connectivity index (χ2v) is 7.83. The highest BCUT2D eigenvalue weighted by atomic mass is 19.1. The van der Waals surface area contributed by atoms with Crippen LogP contribution >= 0.6 is 0 Å². The quantitative estimate of drug-likeness (QED) is 0.632. The molecule has 3 heterocycles. The highest BCUT2D eigenvalue weighted by molar-refractivity contribution is 5.91. The number of oxazole rings is 1. The van der Waals surface area contributed by atoms with E-state index in [9.17, 15) is 9.18 Å². The summed E-state index contributed by atoms with van der Waals surface area (Å²) >= 11 is 0. The van der Waals surface area contributed by atoms with Gasteiger partial charge in [-0.1, -0.05) is 31.1 Å². The number of rotatable bonds is 5. The molecule has 1 aliphatic heterocycles. The molecule has 3 aromatic rings.